The van der Waals surface area contributed by atoms with Gasteiger partial charge >= 0.3 is 0 Å². The molecular weight excluding hydrogens is 304 g/mol. The van der Waals surface area contributed by atoms with Crippen LogP contribution in [0.4, 0.5) is 5.69 Å². The molecule has 0 saturated heterocycles. The smallest absolute Gasteiger partial charge is 0.171 e. The fourth-order valence-electron chi connectivity index (χ4n) is 2.49. The molecule has 1 aromatic heterocycles. The first-order chi connectivity index (χ1) is 11.0. The number of thiocarbonyl (C=S) groups is 1. The molecule has 0 saturated carbocycles. The molecular formula is C18H25N4S+. The van der Waals surface area contributed by atoms with E-state index >= 15 is 0 Å². The zero-order valence-electron chi connectivity index (χ0n) is 14.2. The van der Waals surface area contributed by atoms with Crippen LogP contribution in [0.15, 0.2) is 42.7 Å². The van der Waals surface area contributed by atoms with Crippen LogP contribution in [0, 0.1) is 13.8 Å². The third-order valence-corrected chi connectivity index (χ3v) is 4.35. The number of quaternary nitrogens is 1. The topological polar surface area (TPSA) is 41.4 Å². The Morgan fingerprint density at radius 3 is 2.65 bits per heavy atom. The minimum Gasteiger partial charge on any atom is -0.356 e. The molecule has 0 aliphatic rings. The normalized spacial score (nSPS) is 12.0. The highest BCUT2D eigenvalue weighted by molar-refractivity contribution is 7.80. The van der Waals surface area contributed by atoms with Crippen LogP contribution in [0.25, 0.3) is 0 Å². The van der Waals surface area contributed by atoms with Gasteiger partial charge in [-0.1, -0.05) is 12.1 Å². The zero-order chi connectivity index (χ0) is 16.8. The molecule has 2 rings (SSSR count). The van der Waals surface area contributed by atoms with Crippen molar-refractivity contribution in [3.05, 3.63) is 59.4 Å². The summed E-state index contributed by atoms with van der Waals surface area (Å²) >= 11 is 5.45. The van der Waals surface area contributed by atoms with E-state index in [1.165, 1.54) is 21.6 Å². The van der Waals surface area contributed by atoms with Crippen LogP contribution in [0.1, 0.15) is 22.7 Å². The molecule has 5 heteroatoms. The van der Waals surface area contributed by atoms with E-state index in [9.17, 15) is 0 Å². The Balaban J connectivity index is 1.98. The predicted octanol–water partition coefficient (Wildman–Crippen LogP) is 1.87. The molecule has 0 bridgehead atoms. The van der Waals surface area contributed by atoms with Gasteiger partial charge in [0.2, 0.25) is 0 Å². The van der Waals surface area contributed by atoms with Gasteiger partial charge in [0.25, 0.3) is 0 Å². The molecule has 2 aromatic rings. The standard InChI is InChI=1S/C18H24N4S/c1-13-7-5-9-16(14(13)2)21-18(23)20-12-17(22(3)4)15-8-6-10-19-11-15/h5-11,17H,12H2,1-4H3,(H2,20,21,23)/p+1. The van der Waals surface area contributed by atoms with Crippen molar-refractivity contribution in [2.24, 2.45) is 0 Å². The van der Waals surface area contributed by atoms with Crippen LogP contribution in [0.2, 0.25) is 0 Å². The van der Waals surface area contributed by atoms with Crippen LogP contribution >= 0.6 is 12.2 Å². The van der Waals surface area contributed by atoms with Crippen molar-refractivity contribution < 1.29 is 4.90 Å². The number of hydrogen-bond acceptors (Lipinski definition) is 2. The number of pyridine rings is 1. The molecule has 1 aromatic carbocycles. The summed E-state index contributed by atoms with van der Waals surface area (Å²) in [5.41, 5.74) is 4.73. The molecule has 0 amide bonds. The molecule has 1 unspecified atom stereocenters. The summed E-state index contributed by atoms with van der Waals surface area (Å²) in [6.45, 7) is 4.96. The molecule has 0 fully saturated rings. The van der Waals surface area contributed by atoms with Crippen molar-refractivity contribution in [3.63, 3.8) is 0 Å². The van der Waals surface area contributed by atoms with Crippen molar-refractivity contribution in [3.8, 4) is 0 Å². The van der Waals surface area contributed by atoms with E-state index in [2.05, 4.69) is 55.7 Å². The van der Waals surface area contributed by atoms with Gasteiger partial charge in [-0.05, 0) is 55.4 Å². The van der Waals surface area contributed by atoms with Crippen molar-refractivity contribution in [1.82, 2.24) is 10.3 Å². The molecule has 3 N–H and O–H groups in total. The lowest BCUT2D eigenvalue weighted by Crippen LogP contribution is -3.07. The number of rotatable bonds is 5. The van der Waals surface area contributed by atoms with E-state index in [-0.39, 0.29) is 0 Å². The summed E-state index contributed by atoms with van der Waals surface area (Å²) < 4.78 is 0. The number of aryl methyl sites for hydroxylation is 1. The maximum atomic E-state index is 5.45. The number of benzene rings is 1. The maximum Gasteiger partial charge on any atom is 0.171 e. The monoisotopic (exact) mass is 329 g/mol. The van der Waals surface area contributed by atoms with E-state index in [0.29, 0.717) is 11.2 Å². The third kappa shape index (κ3) is 4.74. The molecule has 0 spiro atoms. The lowest BCUT2D eigenvalue weighted by Gasteiger charge is -2.23. The zero-order valence-corrected chi connectivity index (χ0v) is 15.0. The Hall–Kier alpha value is -1.98. The average molecular weight is 329 g/mol. The molecule has 4 nitrogen and oxygen atoms in total. The minimum atomic E-state index is 0.294. The molecule has 1 heterocycles. The first-order valence-corrected chi connectivity index (χ1v) is 8.21. The van der Waals surface area contributed by atoms with Gasteiger partial charge in [0, 0.05) is 23.6 Å². The van der Waals surface area contributed by atoms with Gasteiger partial charge in [0.15, 0.2) is 5.11 Å². The Labute approximate surface area is 143 Å². The Morgan fingerprint density at radius 1 is 1.22 bits per heavy atom. The number of hydrogen-bond donors (Lipinski definition) is 3. The summed E-state index contributed by atoms with van der Waals surface area (Å²) in [6.07, 6.45) is 3.71. The highest BCUT2D eigenvalue weighted by Gasteiger charge is 2.18. The lowest BCUT2D eigenvalue weighted by atomic mass is 10.1. The number of nitrogens with one attached hydrogen (secondary N) is 3. The second-order valence-electron chi connectivity index (χ2n) is 6.00. The van der Waals surface area contributed by atoms with Crippen LogP contribution < -0.4 is 15.5 Å². The fourth-order valence-corrected chi connectivity index (χ4v) is 2.68. The highest BCUT2D eigenvalue weighted by Crippen LogP contribution is 2.17. The molecule has 0 aliphatic heterocycles. The van der Waals surface area contributed by atoms with E-state index in [4.69, 9.17) is 12.2 Å². The van der Waals surface area contributed by atoms with Crippen molar-refractivity contribution >= 4 is 23.0 Å². The van der Waals surface area contributed by atoms with Gasteiger partial charge in [-0.2, -0.15) is 0 Å². The summed E-state index contributed by atoms with van der Waals surface area (Å²) in [4.78, 5) is 5.55. The first kappa shape index (κ1) is 17.4. The van der Waals surface area contributed by atoms with Crippen molar-refractivity contribution in [2.75, 3.05) is 26.0 Å². The predicted molar refractivity (Wildman–Crippen MR) is 99.9 cm³/mol. The van der Waals surface area contributed by atoms with E-state index < -0.39 is 0 Å². The van der Waals surface area contributed by atoms with Crippen molar-refractivity contribution in [2.45, 2.75) is 19.9 Å². The molecule has 122 valence electrons. The van der Waals surface area contributed by atoms with Gasteiger partial charge in [-0.15, -0.1) is 0 Å². The van der Waals surface area contributed by atoms with Gasteiger partial charge < -0.3 is 15.5 Å². The largest absolute Gasteiger partial charge is 0.356 e. The first-order valence-electron chi connectivity index (χ1n) is 7.80. The summed E-state index contributed by atoms with van der Waals surface area (Å²) in [5.74, 6) is 0. The van der Waals surface area contributed by atoms with E-state index in [0.717, 1.165) is 12.2 Å². The second kappa shape index (κ2) is 8.04. The molecule has 0 aliphatic carbocycles. The molecule has 23 heavy (non-hydrogen) atoms. The lowest BCUT2D eigenvalue weighted by molar-refractivity contribution is -0.890. The van der Waals surface area contributed by atoms with Crippen LogP contribution in [-0.2, 0) is 0 Å². The number of aromatic nitrogens is 1. The third-order valence-electron chi connectivity index (χ3n) is 4.10. The summed E-state index contributed by atoms with van der Waals surface area (Å²) in [6, 6.07) is 10.6. The van der Waals surface area contributed by atoms with E-state index in [1.54, 1.807) is 6.20 Å². The minimum absolute atomic E-state index is 0.294. The quantitative estimate of drug-likeness (QED) is 0.733. The van der Waals surface area contributed by atoms with E-state index in [1.807, 2.05) is 24.4 Å². The fraction of sp³-hybridized carbons (Fsp3) is 0.333. The van der Waals surface area contributed by atoms with Crippen LogP contribution in [0.5, 0.6) is 0 Å². The molecule has 0 radical (unpaired) electrons. The SMILES string of the molecule is Cc1cccc(NC(=S)NCC(c2cccnc2)[NH+](C)C)c1C. The van der Waals surface area contributed by atoms with Crippen LogP contribution in [-0.4, -0.2) is 30.7 Å². The summed E-state index contributed by atoms with van der Waals surface area (Å²) in [7, 11) is 4.28. The highest BCUT2D eigenvalue weighted by atomic mass is 32.1. The Kier molecular flexibility index (Phi) is 6.07. The number of likely N-dealkylation sites (N-methyl/N-ethyl adjacent to an activating group) is 1. The van der Waals surface area contributed by atoms with Gasteiger partial charge in [0.05, 0.1) is 20.6 Å². The summed E-state index contributed by atoms with van der Waals surface area (Å²) in [5, 5.41) is 7.27. The number of anilines is 1. The van der Waals surface area contributed by atoms with Crippen molar-refractivity contribution in [1.29, 1.82) is 0 Å². The van der Waals surface area contributed by atoms with Gasteiger partial charge in [-0.3, -0.25) is 4.98 Å². The van der Waals surface area contributed by atoms with Gasteiger partial charge in [-0.25, -0.2) is 0 Å². The van der Waals surface area contributed by atoms with Gasteiger partial charge in [0.1, 0.15) is 6.04 Å². The Morgan fingerprint density at radius 2 is 2.00 bits per heavy atom. The number of nitrogens with zero attached hydrogens (tertiary/aromatic N) is 1. The maximum absolute atomic E-state index is 5.45. The average Bonchev–Trinajstić information content (AvgIpc) is 2.53. The Bertz CT molecular complexity index is 655. The molecule has 1 atom stereocenters. The van der Waals surface area contributed by atoms with Crippen LogP contribution in [0.3, 0.4) is 0 Å². The second-order valence-corrected chi connectivity index (χ2v) is 6.41.